The first kappa shape index (κ1) is 17.9. The molecule has 0 atom stereocenters. The van der Waals surface area contributed by atoms with E-state index < -0.39 is 17.2 Å². The molecule has 0 saturated carbocycles. The normalized spacial score (nSPS) is 11.1. The third kappa shape index (κ3) is 2.88. The van der Waals surface area contributed by atoms with Crippen LogP contribution in [0.5, 0.6) is 0 Å². The summed E-state index contributed by atoms with van der Waals surface area (Å²) >= 11 is 0. The topological polar surface area (TPSA) is 52.7 Å². The average molecular weight is 400 g/mol. The molecule has 3 aromatic carbocycles. The van der Waals surface area contributed by atoms with Crippen molar-refractivity contribution in [1.29, 1.82) is 0 Å². The molecule has 0 aliphatic heterocycles. The van der Waals surface area contributed by atoms with E-state index in [9.17, 15) is 13.6 Å². The third-order valence-electron chi connectivity index (χ3n) is 4.80. The van der Waals surface area contributed by atoms with Gasteiger partial charge in [-0.3, -0.25) is 9.36 Å². The highest BCUT2D eigenvalue weighted by Crippen LogP contribution is 2.25. The van der Waals surface area contributed by atoms with E-state index in [1.54, 1.807) is 18.2 Å². The Morgan fingerprint density at radius 1 is 0.767 bits per heavy atom. The van der Waals surface area contributed by atoms with Crippen LogP contribution in [0.1, 0.15) is 0 Å². The second kappa shape index (κ2) is 7.04. The minimum atomic E-state index is -0.523. The zero-order valence-corrected chi connectivity index (χ0v) is 15.5. The Balaban J connectivity index is 1.88. The van der Waals surface area contributed by atoms with Gasteiger partial charge in [0.1, 0.15) is 17.0 Å². The summed E-state index contributed by atoms with van der Waals surface area (Å²) in [6.45, 7) is 0. The zero-order valence-electron chi connectivity index (χ0n) is 15.5. The number of benzene rings is 3. The van der Waals surface area contributed by atoms with Crippen molar-refractivity contribution in [2.45, 2.75) is 0 Å². The third-order valence-corrected chi connectivity index (χ3v) is 4.80. The molecular weight excluding hydrogens is 386 g/mol. The smallest absolute Gasteiger partial charge is 0.268 e. The molecule has 5 nitrogen and oxygen atoms in total. The van der Waals surface area contributed by atoms with Gasteiger partial charge in [-0.05, 0) is 48.5 Å². The van der Waals surface area contributed by atoms with Gasteiger partial charge in [-0.25, -0.2) is 18.4 Å². The summed E-state index contributed by atoms with van der Waals surface area (Å²) in [5.41, 5.74) is 1.14. The van der Waals surface area contributed by atoms with E-state index in [0.29, 0.717) is 11.3 Å². The summed E-state index contributed by atoms with van der Waals surface area (Å²) in [5.74, 6) is -0.856. The summed E-state index contributed by atoms with van der Waals surface area (Å²) in [6, 6.07) is 20.7. The maximum Gasteiger partial charge on any atom is 0.269 e. The molecule has 0 bridgehead atoms. The Morgan fingerprint density at radius 3 is 2.20 bits per heavy atom. The predicted octanol–water partition coefficient (Wildman–Crippen LogP) is 4.52. The summed E-state index contributed by atoms with van der Waals surface area (Å²) in [5, 5.41) is 4.59. The number of nitrogens with zero attached hydrogens (tertiary/aromatic N) is 4. The average Bonchev–Trinajstić information content (AvgIpc) is 3.20. The molecule has 2 aromatic heterocycles. The number of para-hydroxylation sites is 1. The second-order valence-electron chi connectivity index (χ2n) is 6.66. The van der Waals surface area contributed by atoms with Crippen molar-refractivity contribution in [3.63, 3.8) is 0 Å². The van der Waals surface area contributed by atoms with Crippen LogP contribution in [0.4, 0.5) is 8.78 Å². The van der Waals surface area contributed by atoms with Gasteiger partial charge in [-0.1, -0.05) is 30.3 Å². The summed E-state index contributed by atoms with van der Waals surface area (Å²) in [4.78, 5) is 18.0. The number of hydrogen-bond donors (Lipinski definition) is 0. The van der Waals surface area contributed by atoms with E-state index in [2.05, 4.69) is 10.1 Å². The number of halogens is 2. The Labute approximate surface area is 169 Å². The minimum absolute atomic E-state index is 0.106. The van der Waals surface area contributed by atoms with Crippen LogP contribution in [0.3, 0.4) is 0 Å². The molecule has 0 N–H and O–H groups in total. The quantitative estimate of drug-likeness (QED) is 0.448. The van der Waals surface area contributed by atoms with Crippen LogP contribution in [0.2, 0.25) is 0 Å². The molecular formula is C23H14F2N4O. The summed E-state index contributed by atoms with van der Waals surface area (Å²) in [6.07, 6.45) is 1.43. The van der Waals surface area contributed by atoms with Crippen LogP contribution in [-0.4, -0.2) is 19.3 Å². The molecule has 30 heavy (non-hydrogen) atoms. The fraction of sp³-hybridized carbons (Fsp3) is 0. The van der Waals surface area contributed by atoms with Crippen molar-refractivity contribution < 1.29 is 8.78 Å². The number of fused-ring (bicyclic) bond motifs is 1. The Morgan fingerprint density at radius 2 is 1.47 bits per heavy atom. The molecule has 0 amide bonds. The van der Waals surface area contributed by atoms with Gasteiger partial charge in [-0.2, -0.15) is 5.10 Å². The number of aromatic nitrogens is 4. The Bertz CT molecular complexity index is 1420. The lowest BCUT2D eigenvalue weighted by atomic mass is 10.1. The lowest BCUT2D eigenvalue weighted by molar-refractivity contribution is 0.626. The monoisotopic (exact) mass is 400 g/mol. The first-order valence-corrected chi connectivity index (χ1v) is 9.20. The fourth-order valence-corrected chi connectivity index (χ4v) is 3.38. The molecule has 5 rings (SSSR count). The Hall–Kier alpha value is -4.13. The number of rotatable bonds is 3. The first-order chi connectivity index (χ1) is 14.6. The van der Waals surface area contributed by atoms with Crippen LogP contribution in [-0.2, 0) is 0 Å². The van der Waals surface area contributed by atoms with Crippen LogP contribution in [0.15, 0.2) is 89.9 Å². The Kier molecular flexibility index (Phi) is 4.21. The van der Waals surface area contributed by atoms with Crippen molar-refractivity contribution in [3.8, 4) is 22.8 Å². The van der Waals surface area contributed by atoms with Gasteiger partial charge in [0.25, 0.3) is 5.56 Å². The molecule has 7 heteroatoms. The molecule has 0 saturated heterocycles. The van der Waals surface area contributed by atoms with Gasteiger partial charge in [0.05, 0.1) is 23.1 Å². The largest absolute Gasteiger partial charge is 0.269 e. The molecule has 0 aliphatic rings. The molecule has 146 valence electrons. The highest BCUT2D eigenvalue weighted by molar-refractivity contribution is 5.79. The van der Waals surface area contributed by atoms with E-state index in [1.165, 1.54) is 45.8 Å². The lowest BCUT2D eigenvalue weighted by Crippen LogP contribution is -2.22. The summed E-state index contributed by atoms with van der Waals surface area (Å²) < 4.78 is 30.9. The molecule has 2 heterocycles. The van der Waals surface area contributed by atoms with Gasteiger partial charge >= 0.3 is 0 Å². The van der Waals surface area contributed by atoms with Crippen molar-refractivity contribution in [2.75, 3.05) is 0 Å². The molecule has 0 aliphatic carbocycles. The maximum atomic E-state index is 14.7. The van der Waals surface area contributed by atoms with E-state index in [-0.39, 0.29) is 16.8 Å². The number of hydrogen-bond acceptors (Lipinski definition) is 3. The predicted molar refractivity (Wildman–Crippen MR) is 110 cm³/mol. The van der Waals surface area contributed by atoms with Crippen molar-refractivity contribution >= 4 is 11.0 Å². The van der Waals surface area contributed by atoms with Gasteiger partial charge in [-0.15, -0.1) is 0 Å². The van der Waals surface area contributed by atoms with Crippen LogP contribution in [0.25, 0.3) is 33.8 Å². The van der Waals surface area contributed by atoms with Crippen LogP contribution < -0.4 is 5.56 Å². The fourth-order valence-electron chi connectivity index (χ4n) is 3.38. The molecule has 0 fully saturated rings. The highest BCUT2D eigenvalue weighted by atomic mass is 19.1. The van der Waals surface area contributed by atoms with Crippen LogP contribution in [0, 0.1) is 11.6 Å². The molecule has 5 aromatic rings. The second-order valence-corrected chi connectivity index (χ2v) is 6.66. The summed E-state index contributed by atoms with van der Waals surface area (Å²) in [7, 11) is 0. The van der Waals surface area contributed by atoms with E-state index in [1.807, 2.05) is 30.3 Å². The van der Waals surface area contributed by atoms with Crippen molar-refractivity contribution in [3.05, 3.63) is 107 Å². The standard InChI is InChI=1S/C23H14F2N4O/c24-15-10-12-16(13-11-15)28-21(18-8-4-5-9-20(18)25)27-22-19(23(28)30)14-26-29(22)17-6-2-1-3-7-17/h1-14H. The maximum absolute atomic E-state index is 14.7. The SMILES string of the molecule is O=c1c2cnn(-c3ccccc3)c2nc(-c2ccccc2F)n1-c1ccc(F)cc1. The molecule has 0 spiro atoms. The minimum Gasteiger partial charge on any atom is -0.268 e. The van der Waals surface area contributed by atoms with Gasteiger partial charge in [0, 0.05) is 0 Å². The van der Waals surface area contributed by atoms with Crippen molar-refractivity contribution in [1.82, 2.24) is 19.3 Å². The lowest BCUT2D eigenvalue weighted by Gasteiger charge is -2.14. The van der Waals surface area contributed by atoms with E-state index in [4.69, 9.17) is 0 Å². The first-order valence-electron chi connectivity index (χ1n) is 9.20. The van der Waals surface area contributed by atoms with Gasteiger partial charge < -0.3 is 0 Å². The van der Waals surface area contributed by atoms with E-state index in [0.717, 1.165) is 5.69 Å². The highest BCUT2D eigenvalue weighted by Gasteiger charge is 2.20. The zero-order chi connectivity index (χ0) is 20.7. The van der Waals surface area contributed by atoms with Crippen LogP contribution >= 0.6 is 0 Å². The van der Waals surface area contributed by atoms with Gasteiger partial charge in [0.2, 0.25) is 0 Å². The van der Waals surface area contributed by atoms with E-state index >= 15 is 0 Å². The van der Waals surface area contributed by atoms with Gasteiger partial charge in [0.15, 0.2) is 11.5 Å². The van der Waals surface area contributed by atoms with Crippen molar-refractivity contribution in [2.24, 2.45) is 0 Å². The molecule has 0 radical (unpaired) electrons. The molecule has 0 unspecified atom stereocenters.